The van der Waals surface area contributed by atoms with Crippen molar-refractivity contribution >= 4 is 16.7 Å². The Bertz CT molecular complexity index is 1090. The van der Waals surface area contributed by atoms with Gasteiger partial charge in [-0.2, -0.15) is 0 Å². The highest BCUT2D eigenvalue weighted by atomic mass is 16.4. The monoisotopic (exact) mass is 347 g/mol. The molecule has 0 unspecified atom stereocenters. The third kappa shape index (κ3) is 3.06. The van der Waals surface area contributed by atoms with Gasteiger partial charge >= 0.3 is 0 Å². The molecule has 0 saturated heterocycles. The Hall–Kier alpha value is -3.48. The first-order chi connectivity index (χ1) is 12.6. The second-order valence-corrected chi connectivity index (χ2v) is 6.00. The Morgan fingerprint density at radius 3 is 2.65 bits per heavy atom. The molecule has 0 bridgehead atoms. The third-order valence-corrected chi connectivity index (χ3v) is 3.97. The van der Waals surface area contributed by atoms with E-state index in [2.05, 4.69) is 25.5 Å². The predicted octanol–water partition coefficient (Wildman–Crippen LogP) is 3.61. The number of phenols is 1. The number of hydrogen-bond acceptors (Lipinski definition) is 7. The minimum absolute atomic E-state index is 0.137. The van der Waals surface area contributed by atoms with Gasteiger partial charge < -0.3 is 14.8 Å². The molecule has 4 rings (SSSR count). The Morgan fingerprint density at radius 1 is 1.04 bits per heavy atom. The van der Waals surface area contributed by atoms with Crippen LogP contribution < -0.4 is 5.32 Å². The highest BCUT2D eigenvalue weighted by Crippen LogP contribution is 2.30. The number of nitrogens with zero attached hydrogens (tertiary/aromatic N) is 4. The van der Waals surface area contributed by atoms with E-state index >= 15 is 0 Å². The second-order valence-electron chi connectivity index (χ2n) is 6.00. The van der Waals surface area contributed by atoms with E-state index in [9.17, 15) is 5.11 Å². The van der Waals surface area contributed by atoms with E-state index in [0.29, 0.717) is 35.5 Å². The van der Waals surface area contributed by atoms with E-state index in [-0.39, 0.29) is 5.75 Å². The number of hydrogen-bond donors (Lipinski definition) is 2. The van der Waals surface area contributed by atoms with Crippen LogP contribution in [0.4, 0.5) is 5.82 Å². The summed E-state index contributed by atoms with van der Waals surface area (Å²) in [5.74, 6) is 2.22. The third-order valence-electron chi connectivity index (χ3n) is 3.97. The van der Waals surface area contributed by atoms with Crippen molar-refractivity contribution in [3.8, 4) is 17.1 Å². The smallest absolute Gasteiger partial charge is 0.235 e. The van der Waals surface area contributed by atoms with Crippen LogP contribution >= 0.6 is 0 Å². The van der Waals surface area contributed by atoms with Crippen molar-refractivity contribution in [3.05, 3.63) is 59.8 Å². The molecule has 0 atom stereocenters. The standard InChI is InChI=1S/C19H17N5O2/c1-11-7-8-13-15(9-11)21-19(14-5-3-4-6-16(14)25)22-18(13)20-10-17-24-23-12(2)26-17/h3-9,25H,10H2,1-2H3,(H,20,21,22). The number of anilines is 1. The van der Waals surface area contributed by atoms with Gasteiger partial charge in [0.15, 0.2) is 5.82 Å². The van der Waals surface area contributed by atoms with Gasteiger partial charge in [-0.15, -0.1) is 10.2 Å². The molecular weight excluding hydrogens is 330 g/mol. The fourth-order valence-electron chi connectivity index (χ4n) is 2.73. The Morgan fingerprint density at radius 2 is 1.88 bits per heavy atom. The van der Waals surface area contributed by atoms with E-state index in [0.717, 1.165) is 16.5 Å². The van der Waals surface area contributed by atoms with Crippen molar-refractivity contribution in [2.75, 3.05) is 5.32 Å². The molecule has 4 aromatic rings. The van der Waals surface area contributed by atoms with Crippen molar-refractivity contribution in [2.45, 2.75) is 20.4 Å². The zero-order valence-electron chi connectivity index (χ0n) is 14.4. The SMILES string of the molecule is Cc1ccc2c(NCc3nnc(C)o3)nc(-c3ccccc3O)nc2c1. The van der Waals surface area contributed by atoms with Crippen molar-refractivity contribution in [3.63, 3.8) is 0 Å². The maximum absolute atomic E-state index is 10.2. The number of para-hydroxylation sites is 1. The molecule has 0 spiro atoms. The number of rotatable bonds is 4. The number of benzene rings is 2. The highest BCUT2D eigenvalue weighted by Gasteiger charge is 2.13. The number of aromatic hydroxyl groups is 1. The van der Waals surface area contributed by atoms with Crippen LogP contribution in [0.15, 0.2) is 46.9 Å². The molecule has 0 saturated carbocycles. The molecule has 2 heterocycles. The van der Waals surface area contributed by atoms with Crippen LogP contribution in [0, 0.1) is 13.8 Å². The minimum Gasteiger partial charge on any atom is -0.507 e. The lowest BCUT2D eigenvalue weighted by molar-refractivity contribution is 0.474. The van der Waals surface area contributed by atoms with Gasteiger partial charge in [0, 0.05) is 12.3 Å². The molecule has 7 heteroatoms. The Labute approximate surface area is 149 Å². The quantitative estimate of drug-likeness (QED) is 0.582. The Balaban J connectivity index is 1.80. The van der Waals surface area contributed by atoms with Crippen molar-refractivity contribution in [2.24, 2.45) is 0 Å². The molecule has 0 amide bonds. The number of aryl methyl sites for hydroxylation is 2. The van der Waals surface area contributed by atoms with Gasteiger partial charge in [-0.1, -0.05) is 18.2 Å². The summed E-state index contributed by atoms with van der Waals surface area (Å²) in [5, 5.41) is 22.1. The lowest BCUT2D eigenvalue weighted by atomic mass is 10.1. The number of phenolic OH excluding ortho intramolecular Hbond substituents is 1. The molecule has 0 radical (unpaired) electrons. The minimum atomic E-state index is 0.137. The van der Waals surface area contributed by atoms with Crippen LogP contribution in [0.25, 0.3) is 22.3 Å². The van der Waals surface area contributed by atoms with Gasteiger partial charge in [0.05, 0.1) is 17.6 Å². The summed E-state index contributed by atoms with van der Waals surface area (Å²) in [4.78, 5) is 9.24. The molecule has 0 aliphatic rings. The van der Waals surface area contributed by atoms with E-state index in [1.165, 1.54) is 0 Å². The van der Waals surface area contributed by atoms with Crippen molar-refractivity contribution in [1.82, 2.24) is 20.2 Å². The van der Waals surface area contributed by atoms with Crippen LogP contribution in [-0.4, -0.2) is 25.3 Å². The molecule has 7 nitrogen and oxygen atoms in total. The van der Waals surface area contributed by atoms with Crippen LogP contribution in [0.1, 0.15) is 17.3 Å². The molecule has 2 N–H and O–H groups in total. The second kappa shape index (κ2) is 6.44. The van der Waals surface area contributed by atoms with Gasteiger partial charge in [0.25, 0.3) is 0 Å². The summed E-state index contributed by atoms with van der Waals surface area (Å²) >= 11 is 0. The topological polar surface area (TPSA) is 97.0 Å². The van der Waals surface area contributed by atoms with E-state index < -0.39 is 0 Å². The first-order valence-corrected chi connectivity index (χ1v) is 8.20. The van der Waals surface area contributed by atoms with Gasteiger partial charge in [-0.3, -0.25) is 0 Å². The van der Waals surface area contributed by atoms with Gasteiger partial charge in [-0.25, -0.2) is 9.97 Å². The molecule has 0 fully saturated rings. The van der Waals surface area contributed by atoms with Crippen LogP contribution in [0.2, 0.25) is 0 Å². The fraction of sp³-hybridized carbons (Fsp3) is 0.158. The van der Waals surface area contributed by atoms with Gasteiger partial charge in [0.1, 0.15) is 11.6 Å². The predicted molar refractivity (Wildman–Crippen MR) is 97.7 cm³/mol. The van der Waals surface area contributed by atoms with Crippen molar-refractivity contribution < 1.29 is 9.52 Å². The maximum atomic E-state index is 10.2. The number of nitrogens with one attached hydrogen (secondary N) is 1. The number of fused-ring (bicyclic) bond motifs is 1. The van der Waals surface area contributed by atoms with Crippen LogP contribution in [-0.2, 0) is 6.54 Å². The molecule has 130 valence electrons. The summed E-state index contributed by atoms with van der Waals surface area (Å²) < 4.78 is 5.40. The summed E-state index contributed by atoms with van der Waals surface area (Å²) in [6.07, 6.45) is 0. The molecule has 2 aromatic heterocycles. The zero-order chi connectivity index (χ0) is 18.1. The average Bonchev–Trinajstić information content (AvgIpc) is 3.05. The average molecular weight is 347 g/mol. The summed E-state index contributed by atoms with van der Waals surface area (Å²) in [5.41, 5.74) is 2.47. The first kappa shape index (κ1) is 16.0. The van der Waals surface area contributed by atoms with Gasteiger partial charge in [0.2, 0.25) is 11.8 Å². The van der Waals surface area contributed by atoms with E-state index in [4.69, 9.17) is 4.42 Å². The first-order valence-electron chi connectivity index (χ1n) is 8.20. The lowest BCUT2D eigenvalue weighted by Crippen LogP contribution is -2.05. The number of aromatic nitrogens is 4. The molecule has 26 heavy (non-hydrogen) atoms. The van der Waals surface area contributed by atoms with E-state index in [1.807, 2.05) is 31.2 Å². The maximum Gasteiger partial charge on any atom is 0.235 e. The summed E-state index contributed by atoms with van der Waals surface area (Å²) in [6.45, 7) is 4.10. The molecule has 0 aliphatic heterocycles. The fourth-order valence-corrected chi connectivity index (χ4v) is 2.73. The summed E-state index contributed by atoms with van der Waals surface area (Å²) in [6, 6.07) is 13.0. The zero-order valence-corrected chi connectivity index (χ0v) is 14.4. The van der Waals surface area contributed by atoms with E-state index in [1.54, 1.807) is 25.1 Å². The van der Waals surface area contributed by atoms with Crippen molar-refractivity contribution in [1.29, 1.82) is 0 Å². The largest absolute Gasteiger partial charge is 0.507 e. The van der Waals surface area contributed by atoms with Crippen LogP contribution in [0.3, 0.4) is 0 Å². The lowest BCUT2D eigenvalue weighted by Gasteiger charge is -2.11. The molecule has 2 aromatic carbocycles. The van der Waals surface area contributed by atoms with Crippen LogP contribution in [0.5, 0.6) is 5.75 Å². The normalized spacial score (nSPS) is 11.0. The summed E-state index contributed by atoms with van der Waals surface area (Å²) in [7, 11) is 0. The Kier molecular flexibility index (Phi) is 3.96. The highest BCUT2D eigenvalue weighted by molar-refractivity contribution is 5.91. The van der Waals surface area contributed by atoms with Gasteiger partial charge in [-0.05, 0) is 36.8 Å². The molecular formula is C19H17N5O2. The molecule has 0 aliphatic carbocycles.